The molecule has 0 aliphatic rings. The van der Waals surface area contributed by atoms with Gasteiger partial charge in [-0.2, -0.15) is 0 Å². The van der Waals surface area contributed by atoms with Crippen molar-refractivity contribution in [3.63, 3.8) is 0 Å². The number of benzene rings is 1. The molecule has 0 bridgehead atoms. The molecule has 32 heavy (non-hydrogen) atoms. The summed E-state index contributed by atoms with van der Waals surface area (Å²) in [7, 11) is 0. The summed E-state index contributed by atoms with van der Waals surface area (Å²) >= 11 is 0. The highest BCUT2D eigenvalue weighted by Crippen LogP contribution is 2.53. The molecule has 2 N–H and O–H groups in total. The minimum Gasteiger partial charge on any atom is -0.503 e. The zero-order valence-electron chi connectivity index (χ0n) is 20.3. The van der Waals surface area contributed by atoms with Crippen molar-refractivity contribution in [2.24, 2.45) is 0 Å². The first-order chi connectivity index (χ1) is 15.5. The van der Waals surface area contributed by atoms with Crippen molar-refractivity contribution in [1.29, 1.82) is 0 Å². The summed E-state index contributed by atoms with van der Waals surface area (Å²) in [6.45, 7) is 9.68. The van der Waals surface area contributed by atoms with Crippen molar-refractivity contribution in [3.05, 3.63) is 5.56 Å². The van der Waals surface area contributed by atoms with Gasteiger partial charge in [-0.05, 0) is 25.7 Å². The van der Waals surface area contributed by atoms with Crippen LogP contribution in [0.5, 0.6) is 28.7 Å². The molecule has 0 aromatic heterocycles. The van der Waals surface area contributed by atoms with Crippen LogP contribution in [0.4, 0.5) is 0 Å². The molecular formula is C25H42O7. The average molecular weight is 455 g/mol. The smallest absolute Gasteiger partial charge is 0.343 e. The van der Waals surface area contributed by atoms with Crippen LogP contribution in [0, 0.1) is 0 Å². The Bertz CT molecular complexity index is 673. The number of carboxylic acids is 1. The molecule has 1 rings (SSSR count). The Labute approximate surface area is 193 Å². The van der Waals surface area contributed by atoms with E-state index in [9.17, 15) is 15.0 Å². The number of aromatic hydroxyl groups is 1. The Morgan fingerprint density at radius 1 is 0.594 bits per heavy atom. The van der Waals surface area contributed by atoms with E-state index in [1.54, 1.807) is 0 Å². The van der Waals surface area contributed by atoms with Crippen molar-refractivity contribution >= 4 is 5.97 Å². The van der Waals surface area contributed by atoms with Gasteiger partial charge in [0, 0.05) is 0 Å². The third kappa shape index (κ3) is 8.67. The first-order valence-corrected chi connectivity index (χ1v) is 12.2. The second-order valence-corrected chi connectivity index (χ2v) is 7.86. The fraction of sp³-hybridized carbons (Fsp3) is 0.720. The Morgan fingerprint density at radius 2 is 1.00 bits per heavy atom. The van der Waals surface area contributed by atoms with E-state index in [0.29, 0.717) is 26.4 Å². The lowest BCUT2D eigenvalue weighted by atomic mass is 10.1. The predicted octanol–water partition coefficient (Wildman–Crippen LogP) is 6.59. The van der Waals surface area contributed by atoms with Crippen molar-refractivity contribution in [1.82, 2.24) is 0 Å². The molecule has 0 aliphatic heterocycles. The minimum absolute atomic E-state index is 0.00406. The molecule has 0 atom stereocenters. The van der Waals surface area contributed by atoms with Gasteiger partial charge in [-0.25, -0.2) is 4.79 Å². The van der Waals surface area contributed by atoms with E-state index in [0.717, 1.165) is 64.2 Å². The number of rotatable bonds is 19. The lowest BCUT2D eigenvalue weighted by Gasteiger charge is -2.23. The largest absolute Gasteiger partial charge is 0.503 e. The molecule has 1 aromatic rings. The molecule has 7 nitrogen and oxygen atoms in total. The zero-order valence-corrected chi connectivity index (χ0v) is 20.3. The van der Waals surface area contributed by atoms with Gasteiger partial charge in [0.1, 0.15) is 0 Å². The van der Waals surface area contributed by atoms with Gasteiger partial charge in [0.05, 0.1) is 26.4 Å². The van der Waals surface area contributed by atoms with Crippen LogP contribution in [0.1, 0.15) is 102 Å². The van der Waals surface area contributed by atoms with E-state index >= 15 is 0 Å². The molecule has 184 valence electrons. The highest BCUT2D eigenvalue weighted by Gasteiger charge is 2.32. The van der Waals surface area contributed by atoms with Crippen LogP contribution in [-0.2, 0) is 0 Å². The van der Waals surface area contributed by atoms with E-state index in [-0.39, 0.29) is 28.6 Å². The second-order valence-electron chi connectivity index (χ2n) is 7.86. The third-order valence-electron chi connectivity index (χ3n) is 4.99. The van der Waals surface area contributed by atoms with Gasteiger partial charge in [0.25, 0.3) is 0 Å². The molecule has 0 heterocycles. The first-order valence-electron chi connectivity index (χ1n) is 12.2. The number of hydrogen-bond acceptors (Lipinski definition) is 6. The van der Waals surface area contributed by atoms with E-state index in [4.69, 9.17) is 18.9 Å². The van der Waals surface area contributed by atoms with Gasteiger partial charge in [0.15, 0.2) is 17.1 Å². The van der Waals surface area contributed by atoms with Gasteiger partial charge in [-0.15, -0.1) is 0 Å². The monoisotopic (exact) mass is 454 g/mol. The van der Waals surface area contributed by atoms with Crippen LogP contribution in [0.2, 0.25) is 0 Å². The van der Waals surface area contributed by atoms with Gasteiger partial charge in [-0.3, -0.25) is 0 Å². The maximum atomic E-state index is 12.1. The van der Waals surface area contributed by atoms with Gasteiger partial charge in [0.2, 0.25) is 17.2 Å². The van der Waals surface area contributed by atoms with Crippen LogP contribution in [0.3, 0.4) is 0 Å². The molecule has 0 aliphatic carbocycles. The number of unbranched alkanes of at least 4 members (excludes halogenated alkanes) is 6. The zero-order chi connectivity index (χ0) is 23.8. The first kappa shape index (κ1) is 27.7. The predicted molar refractivity (Wildman–Crippen MR) is 126 cm³/mol. The molecular weight excluding hydrogens is 412 g/mol. The van der Waals surface area contributed by atoms with Crippen LogP contribution < -0.4 is 18.9 Å². The molecule has 0 saturated carbocycles. The van der Waals surface area contributed by atoms with Crippen LogP contribution in [-0.4, -0.2) is 42.6 Å². The number of phenols is 1. The Morgan fingerprint density at radius 3 is 1.47 bits per heavy atom. The SMILES string of the molecule is CCCCCCOc1c(O)c(C(=O)O)c(OCCCC)c(OCCCC)c1OCCCC. The Kier molecular flexibility index (Phi) is 14.2. The molecule has 0 amide bonds. The van der Waals surface area contributed by atoms with Crippen LogP contribution in [0.15, 0.2) is 0 Å². The number of carboxylic acid groups (broad SMARTS) is 1. The summed E-state index contributed by atoms with van der Waals surface area (Å²) < 4.78 is 23.7. The quantitative estimate of drug-likeness (QED) is 0.228. The Hall–Kier alpha value is -2.31. The topological polar surface area (TPSA) is 94.5 Å². The molecule has 0 saturated heterocycles. The molecule has 0 unspecified atom stereocenters. The number of ether oxygens (including phenoxy) is 4. The molecule has 7 heteroatoms. The standard InChI is InChI=1S/C25H42O7/c1-5-9-13-14-18-30-22-20(26)19(25(27)28)21(29-15-10-6-2)23(31-16-11-7-3)24(22)32-17-12-8-4/h26H,5-18H2,1-4H3,(H,27,28). The molecule has 0 radical (unpaired) electrons. The van der Waals surface area contributed by atoms with Gasteiger partial charge >= 0.3 is 5.97 Å². The summed E-state index contributed by atoms with van der Waals surface area (Å²) in [4.78, 5) is 12.1. The van der Waals surface area contributed by atoms with Gasteiger partial charge < -0.3 is 29.2 Å². The lowest BCUT2D eigenvalue weighted by Crippen LogP contribution is -2.12. The number of aromatic carboxylic acids is 1. The normalized spacial score (nSPS) is 10.8. The summed E-state index contributed by atoms with van der Waals surface area (Å²) in [5.74, 6) is -1.34. The fourth-order valence-corrected chi connectivity index (χ4v) is 3.04. The van der Waals surface area contributed by atoms with E-state index in [1.165, 1.54) is 0 Å². The van der Waals surface area contributed by atoms with Crippen molar-refractivity contribution in [2.45, 2.75) is 91.9 Å². The van der Waals surface area contributed by atoms with E-state index in [1.807, 2.05) is 13.8 Å². The second kappa shape index (κ2) is 16.3. The summed E-state index contributed by atoms with van der Waals surface area (Å²) in [6.07, 6.45) is 9.05. The van der Waals surface area contributed by atoms with Crippen LogP contribution in [0.25, 0.3) is 0 Å². The summed E-state index contributed by atoms with van der Waals surface area (Å²) in [5.41, 5.74) is -0.348. The maximum Gasteiger partial charge on any atom is 0.343 e. The van der Waals surface area contributed by atoms with E-state index < -0.39 is 11.7 Å². The fourth-order valence-electron chi connectivity index (χ4n) is 3.04. The third-order valence-corrected chi connectivity index (χ3v) is 4.99. The highest BCUT2D eigenvalue weighted by molar-refractivity contribution is 5.97. The summed E-state index contributed by atoms with van der Waals surface area (Å²) in [6, 6.07) is 0. The van der Waals surface area contributed by atoms with Crippen molar-refractivity contribution < 1.29 is 34.0 Å². The minimum atomic E-state index is -1.30. The van der Waals surface area contributed by atoms with Crippen LogP contribution >= 0.6 is 0 Å². The lowest BCUT2D eigenvalue weighted by molar-refractivity contribution is 0.0685. The van der Waals surface area contributed by atoms with Gasteiger partial charge in [-0.1, -0.05) is 66.2 Å². The highest BCUT2D eigenvalue weighted by atomic mass is 16.6. The van der Waals surface area contributed by atoms with Crippen molar-refractivity contribution in [3.8, 4) is 28.7 Å². The molecule has 1 aromatic carbocycles. The molecule has 0 fully saturated rings. The number of carbonyl (C=O) groups is 1. The molecule has 0 spiro atoms. The maximum absolute atomic E-state index is 12.1. The Balaban J connectivity index is 3.48. The number of hydrogen-bond donors (Lipinski definition) is 2. The van der Waals surface area contributed by atoms with E-state index in [2.05, 4.69) is 13.8 Å². The average Bonchev–Trinajstić information content (AvgIpc) is 2.76. The summed E-state index contributed by atoms with van der Waals surface area (Å²) in [5, 5.41) is 20.8. The van der Waals surface area contributed by atoms with Crippen molar-refractivity contribution in [2.75, 3.05) is 26.4 Å².